The van der Waals surface area contributed by atoms with Gasteiger partial charge in [-0.1, -0.05) is 32.3 Å². The number of nitrogens with zero attached hydrogens (tertiary/aromatic N) is 3. The first-order valence-corrected chi connectivity index (χ1v) is 11.1. The number of aliphatic hydroxyl groups excluding tert-OH is 1. The Morgan fingerprint density at radius 2 is 2.07 bits per heavy atom. The molecule has 5 nitrogen and oxygen atoms in total. The molecule has 0 radical (unpaired) electrons. The first-order chi connectivity index (χ1) is 14.1. The van der Waals surface area contributed by atoms with Gasteiger partial charge in [0.1, 0.15) is 0 Å². The van der Waals surface area contributed by atoms with Crippen molar-refractivity contribution in [2.24, 2.45) is 16.1 Å². The van der Waals surface area contributed by atoms with Crippen LogP contribution in [-0.4, -0.2) is 34.3 Å². The second-order valence-corrected chi connectivity index (χ2v) is 8.61. The fraction of sp³-hybridized carbons (Fsp3) is 0.542. The Bertz CT molecular complexity index is 963. The predicted molar refractivity (Wildman–Crippen MR) is 116 cm³/mol. The molecule has 4 rings (SSSR count). The van der Waals surface area contributed by atoms with Gasteiger partial charge in [-0.3, -0.25) is 4.79 Å². The Kier molecular flexibility index (Phi) is 5.95. The van der Waals surface area contributed by atoms with Crippen LogP contribution in [0.1, 0.15) is 76.3 Å². The van der Waals surface area contributed by atoms with Gasteiger partial charge >= 0.3 is 0 Å². The van der Waals surface area contributed by atoms with Crippen molar-refractivity contribution in [3.05, 3.63) is 39.9 Å². The Morgan fingerprint density at radius 1 is 1.24 bits per heavy atom. The average Bonchev–Trinajstić information content (AvgIpc) is 3.33. The summed E-state index contributed by atoms with van der Waals surface area (Å²) in [5.74, 6) is 0.420. The van der Waals surface area contributed by atoms with Gasteiger partial charge in [0.2, 0.25) is 5.91 Å². The van der Waals surface area contributed by atoms with Crippen molar-refractivity contribution in [3.63, 3.8) is 0 Å². The third kappa shape index (κ3) is 4.06. The molecule has 0 spiro atoms. The van der Waals surface area contributed by atoms with Gasteiger partial charge in [0.15, 0.2) is 0 Å². The highest BCUT2D eigenvalue weighted by molar-refractivity contribution is 5.90. The number of rotatable bonds is 7. The molecule has 0 bridgehead atoms. The van der Waals surface area contributed by atoms with Gasteiger partial charge < -0.3 is 10.0 Å². The number of carbonyl (C=O) groups excluding carboxylic acids is 1. The molecule has 1 aromatic carbocycles. The SMILES string of the molecule is CCCC(C)N(C(=O)CCC1CCCCC1O)C1=c2cc3c(cc2C=C1)=NN=C3. The maximum atomic E-state index is 13.4. The Balaban J connectivity index is 1.61. The van der Waals surface area contributed by atoms with Crippen LogP contribution in [-0.2, 0) is 4.79 Å². The number of hydrogen-bond acceptors (Lipinski definition) is 4. The highest BCUT2D eigenvalue weighted by Gasteiger charge is 2.28. The van der Waals surface area contributed by atoms with Gasteiger partial charge in [-0.2, -0.15) is 10.2 Å². The molecule has 154 valence electrons. The van der Waals surface area contributed by atoms with Crippen LogP contribution in [0.3, 0.4) is 0 Å². The van der Waals surface area contributed by atoms with Gasteiger partial charge in [-0.25, -0.2) is 0 Å². The lowest BCUT2D eigenvalue weighted by Crippen LogP contribution is -2.39. The van der Waals surface area contributed by atoms with Crippen LogP contribution < -0.4 is 10.6 Å². The molecule has 1 N–H and O–H groups in total. The molecule has 1 aliphatic heterocycles. The molecular formula is C24H31N3O2. The van der Waals surface area contributed by atoms with E-state index in [2.05, 4.69) is 42.3 Å². The minimum atomic E-state index is -0.247. The number of hydrogen-bond donors (Lipinski definition) is 1. The average molecular weight is 394 g/mol. The third-order valence-electron chi connectivity index (χ3n) is 6.53. The third-order valence-corrected chi connectivity index (χ3v) is 6.53. The fourth-order valence-electron chi connectivity index (χ4n) is 4.91. The first kappa shape index (κ1) is 20.0. The van der Waals surface area contributed by atoms with Gasteiger partial charge in [0.05, 0.1) is 23.4 Å². The lowest BCUT2D eigenvalue weighted by atomic mass is 9.83. The Hall–Kier alpha value is -2.27. The van der Waals surface area contributed by atoms with E-state index < -0.39 is 0 Å². The van der Waals surface area contributed by atoms with Crippen LogP contribution in [0, 0.1) is 5.92 Å². The molecule has 1 aromatic rings. The molecule has 1 amide bonds. The molecule has 0 aromatic heterocycles. The van der Waals surface area contributed by atoms with E-state index in [1.807, 2.05) is 11.0 Å². The van der Waals surface area contributed by atoms with E-state index in [1.54, 1.807) is 6.21 Å². The van der Waals surface area contributed by atoms with Crippen LogP contribution in [0.5, 0.6) is 0 Å². The summed E-state index contributed by atoms with van der Waals surface area (Å²) in [5.41, 5.74) is 3.08. The minimum Gasteiger partial charge on any atom is -0.393 e. The molecule has 1 heterocycles. The van der Waals surface area contributed by atoms with Crippen molar-refractivity contribution in [1.29, 1.82) is 0 Å². The highest BCUT2D eigenvalue weighted by atomic mass is 16.3. The van der Waals surface area contributed by atoms with Crippen molar-refractivity contribution in [3.8, 4) is 0 Å². The second kappa shape index (κ2) is 8.62. The Morgan fingerprint density at radius 3 is 2.86 bits per heavy atom. The summed E-state index contributed by atoms with van der Waals surface area (Å²) in [5, 5.41) is 20.4. The summed E-state index contributed by atoms with van der Waals surface area (Å²) in [6.07, 6.45) is 13.1. The van der Waals surface area contributed by atoms with Crippen LogP contribution in [0.25, 0.3) is 11.8 Å². The van der Waals surface area contributed by atoms with E-state index in [9.17, 15) is 9.90 Å². The van der Waals surface area contributed by atoms with Crippen molar-refractivity contribution in [1.82, 2.24) is 4.90 Å². The molecule has 3 unspecified atom stereocenters. The number of carbonyl (C=O) groups is 1. The van der Waals surface area contributed by atoms with Crippen LogP contribution in [0.15, 0.2) is 28.4 Å². The maximum absolute atomic E-state index is 13.4. The topological polar surface area (TPSA) is 65.3 Å². The summed E-state index contributed by atoms with van der Waals surface area (Å²) in [7, 11) is 0. The summed E-state index contributed by atoms with van der Waals surface area (Å²) in [6, 6.07) is 4.29. The zero-order valence-corrected chi connectivity index (χ0v) is 17.5. The van der Waals surface area contributed by atoms with Gasteiger partial charge in [-0.15, -0.1) is 0 Å². The van der Waals surface area contributed by atoms with Gasteiger partial charge in [0.25, 0.3) is 0 Å². The summed E-state index contributed by atoms with van der Waals surface area (Å²) < 4.78 is 0. The number of amides is 1. The quantitative estimate of drug-likeness (QED) is 0.773. The summed E-state index contributed by atoms with van der Waals surface area (Å²) in [6.45, 7) is 4.30. The van der Waals surface area contributed by atoms with E-state index >= 15 is 0 Å². The largest absolute Gasteiger partial charge is 0.393 e. The normalized spacial score (nSPS) is 22.9. The van der Waals surface area contributed by atoms with Crippen molar-refractivity contribution in [2.75, 3.05) is 0 Å². The van der Waals surface area contributed by atoms with E-state index in [0.29, 0.717) is 6.42 Å². The molecule has 5 heteroatoms. The van der Waals surface area contributed by atoms with Crippen LogP contribution in [0.2, 0.25) is 0 Å². The van der Waals surface area contributed by atoms with Crippen LogP contribution in [0.4, 0.5) is 0 Å². The minimum absolute atomic E-state index is 0.140. The van der Waals surface area contributed by atoms with Crippen LogP contribution >= 0.6 is 0 Å². The lowest BCUT2D eigenvalue weighted by Gasteiger charge is -2.32. The smallest absolute Gasteiger partial charge is 0.227 e. The molecule has 3 atom stereocenters. The number of aliphatic hydroxyl groups is 1. The lowest BCUT2D eigenvalue weighted by molar-refractivity contribution is -0.130. The fourth-order valence-corrected chi connectivity index (χ4v) is 4.91. The Labute approximate surface area is 172 Å². The standard InChI is InChI=1S/C24H31N3O2/c1-3-6-16(2)27(24(29)12-10-17-7-4-5-8-23(17)28)22-11-9-18-14-21-19(13-20(18)22)15-25-26-21/h9,11,13-17,23,28H,3-8,10,12H2,1-2H3. The molecular weight excluding hydrogens is 362 g/mol. The molecule has 0 saturated heterocycles. The number of benzene rings is 1. The zero-order valence-electron chi connectivity index (χ0n) is 17.5. The molecule has 2 aliphatic carbocycles. The van der Waals surface area contributed by atoms with Crippen molar-refractivity contribution < 1.29 is 9.90 Å². The monoisotopic (exact) mass is 393 g/mol. The van der Waals surface area contributed by atoms with E-state index in [1.165, 1.54) is 0 Å². The van der Waals surface area contributed by atoms with Gasteiger partial charge in [-0.05, 0) is 62.3 Å². The molecule has 3 aliphatic rings. The first-order valence-electron chi connectivity index (χ1n) is 11.1. The molecule has 1 fully saturated rings. The molecule has 29 heavy (non-hydrogen) atoms. The number of fused-ring (bicyclic) bond motifs is 2. The molecule has 1 saturated carbocycles. The summed E-state index contributed by atoms with van der Waals surface area (Å²) in [4.78, 5) is 15.4. The predicted octanol–water partition coefficient (Wildman–Crippen LogP) is 3.14. The zero-order chi connectivity index (χ0) is 20.4. The second-order valence-electron chi connectivity index (χ2n) is 8.61. The van der Waals surface area contributed by atoms with E-state index in [4.69, 9.17) is 0 Å². The van der Waals surface area contributed by atoms with Gasteiger partial charge in [0, 0.05) is 23.2 Å². The van der Waals surface area contributed by atoms with Crippen molar-refractivity contribution in [2.45, 2.75) is 77.4 Å². The van der Waals surface area contributed by atoms with Crippen molar-refractivity contribution >= 4 is 23.9 Å². The van der Waals surface area contributed by atoms with E-state index in [0.717, 1.165) is 72.3 Å². The summed E-state index contributed by atoms with van der Waals surface area (Å²) >= 11 is 0. The highest BCUT2D eigenvalue weighted by Crippen LogP contribution is 2.29. The maximum Gasteiger partial charge on any atom is 0.227 e. The van der Waals surface area contributed by atoms with E-state index in [-0.39, 0.29) is 24.0 Å².